The minimum Gasteiger partial charge on any atom is -0.489 e. The predicted molar refractivity (Wildman–Crippen MR) is 152 cm³/mol. The van der Waals surface area contributed by atoms with Crippen LogP contribution in [0.25, 0.3) is 10.6 Å². The molecule has 41 heavy (non-hydrogen) atoms. The van der Waals surface area contributed by atoms with Crippen LogP contribution in [-0.2, 0) is 17.4 Å². The van der Waals surface area contributed by atoms with Crippen LogP contribution in [0, 0.1) is 12.7 Å². The number of carboxylic acids is 1. The number of carboxylic acid groups (broad SMARTS) is 1. The maximum Gasteiger partial charge on any atom is 0.416 e. The third-order valence-electron chi connectivity index (χ3n) is 5.87. The molecule has 0 amide bonds. The number of thioether (sulfide) groups is 1. The van der Waals surface area contributed by atoms with E-state index in [4.69, 9.17) is 31.2 Å². The summed E-state index contributed by atoms with van der Waals surface area (Å²) in [5, 5.41) is 9.43. The monoisotopic (exact) mass is 625 g/mol. The van der Waals surface area contributed by atoms with Crippen LogP contribution in [0.5, 0.6) is 11.5 Å². The topological polar surface area (TPSA) is 68.7 Å². The number of benzene rings is 3. The van der Waals surface area contributed by atoms with Gasteiger partial charge < -0.3 is 14.6 Å². The van der Waals surface area contributed by atoms with Crippen molar-refractivity contribution in [2.75, 3.05) is 13.2 Å². The van der Waals surface area contributed by atoms with Gasteiger partial charge in [-0.3, -0.25) is 0 Å². The van der Waals surface area contributed by atoms with Crippen molar-refractivity contribution in [2.24, 2.45) is 0 Å². The van der Waals surface area contributed by atoms with Crippen LogP contribution in [0.15, 0.2) is 65.6 Å². The van der Waals surface area contributed by atoms with Gasteiger partial charge >= 0.3 is 12.1 Å². The molecule has 5 nitrogen and oxygen atoms in total. The number of alkyl halides is 3. The molecule has 1 N–H and O–H groups in total. The van der Waals surface area contributed by atoms with E-state index in [0.717, 1.165) is 27.5 Å². The van der Waals surface area contributed by atoms with Crippen molar-refractivity contribution in [3.63, 3.8) is 0 Å². The number of aromatic nitrogens is 1. The quantitative estimate of drug-likeness (QED) is 0.133. The average molecular weight is 626 g/mol. The molecule has 4 aromatic rings. The molecule has 0 radical (unpaired) electrons. The van der Waals surface area contributed by atoms with Gasteiger partial charge in [-0.1, -0.05) is 29.8 Å². The summed E-state index contributed by atoms with van der Waals surface area (Å²) in [5.41, 5.74) is 1.24. The van der Waals surface area contributed by atoms with Crippen molar-refractivity contribution in [3.8, 4) is 22.1 Å². The number of para-hydroxylation sites is 1. The van der Waals surface area contributed by atoms with E-state index in [2.05, 4.69) is 0 Å². The lowest BCUT2D eigenvalue weighted by atomic mass is 10.1. The van der Waals surface area contributed by atoms with Crippen LogP contribution in [0.4, 0.5) is 17.6 Å². The van der Waals surface area contributed by atoms with E-state index in [-0.39, 0.29) is 22.6 Å². The van der Waals surface area contributed by atoms with Gasteiger partial charge in [0.2, 0.25) is 0 Å². The summed E-state index contributed by atoms with van der Waals surface area (Å²) < 4.78 is 64.3. The van der Waals surface area contributed by atoms with E-state index in [1.807, 2.05) is 26.0 Å². The highest BCUT2D eigenvalue weighted by Gasteiger charge is 2.30. The zero-order valence-corrected chi connectivity index (χ0v) is 24.2. The standard InChI is InChI=1S/C29H24ClF4NO4S2/c1-16-14-20(10-11-24(16)39-15-25(36)37)40-17(2)27-23(12-13-38-26-21(30)4-3-5-22(26)31)35-28(41-27)18-6-8-19(9-7-18)29(32,33)34/h3-11,14,17H,12-13,15H2,1-2H3,(H,36,37). The van der Waals surface area contributed by atoms with Gasteiger partial charge in [0.05, 0.1) is 22.9 Å². The Hall–Kier alpha value is -3.28. The summed E-state index contributed by atoms with van der Waals surface area (Å²) in [6, 6.07) is 14.5. The highest BCUT2D eigenvalue weighted by atomic mass is 35.5. The minimum atomic E-state index is -4.44. The number of nitrogens with zero attached hydrogens (tertiary/aromatic N) is 1. The molecule has 1 aromatic heterocycles. The first kappa shape index (κ1) is 30.7. The van der Waals surface area contributed by atoms with Crippen LogP contribution in [0.1, 0.15) is 33.9 Å². The van der Waals surface area contributed by atoms with E-state index >= 15 is 0 Å². The first-order valence-corrected chi connectivity index (χ1v) is 14.4. The van der Waals surface area contributed by atoms with Gasteiger partial charge in [-0.05, 0) is 61.9 Å². The molecule has 12 heteroatoms. The lowest BCUT2D eigenvalue weighted by molar-refractivity contribution is -0.139. The van der Waals surface area contributed by atoms with Gasteiger partial charge in [-0.2, -0.15) is 13.2 Å². The van der Waals surface area contributed by atoms with Crippen LogP contribution in [-0.4, -0.2) is 29.3 Å². The maximum atomic E-state index is 14.2. The van der Waals surface area contributed by atoms with Gasteiger partial charge in [-0.25, -0.2) is 14.2 Å². The zero-order valence-electron chi connectivity index (χ0n) is 21.8. The van der Waals surface area contributed by atoms with Crippen LogP contribution >= 0.6 is 34.7 Å². The fourth-order valence-electron chi connectivity index (χ4n) is 3.91. The normalized spacial score (nSPS) is 12.3. The van der Waals surface area contributed by atoms with Gasteiger partial charge in [0.1, 0.15) is 10.8 Å². The SMILES string of the molecule is Cc1cc(SC(C)c2sc(-c3ccc(C(F)(F)F)cc3)nc2CCOc2c(F)cccc2Cl)ccc1OCC(=O)O. The van der Waals surface area contributed by atoms with E-state index in [9.17, 15) is 22.4 Å². The van der Waals surface area contributed by atoms with Crippen molar-refractivity contribution in [2.45, 2.75) is 36.6 Å². The van der Waals surface area contributed by atoms with Crippen LogP contribution < -0.4 is 9.47 Å². The number of ether oxygens (including phenoxy) is 2. The number of aryl methyl sites for hydroxylation is 1. The van der Waals surface area contributed by atoms with E-state index in [0.29, 0.717) is 28.4 Å². The van der Waals surface area contributed by atoms with Crippen LogP contribution in [0.2, 0.25) is 5.02 Å². The Labute approximate surface area is 247 Å². The van der Waals surface area contributed by atoms with Gasteiger partial charge in [-0.15, -0.1) is 23.1 Å². The summed E-state index contributed by atoms with van der Waals surface area (Å²) in [7, 11) is 0. The lowest BCUT2D eigenvalue weighted by Gasteiger charge is -2.14. The second-order valence-corrected chi connectivity index (χ2v) is 11.8. The third kappa shape index (κ3) is 7.93. The van der Waals surface area contributed by atoms with Gasteiger partial charge in [0.15, 0.2) is 18.2 Å². The third-order valence-corrected chi connectivity index (χ3v) is 8.76. The number of carbonyl (C=O) groups is 1. The molecule has 0 spiro atoms. The molecular formula is C29H24ClF4NO4S2. The lowest BCUT2D eigenvalue weighted by Crippen LogP contribution is -2.10. The number of hydrogen-bond acceptors (Lipinski definition) is 6. The Balaban J connectivity index is 1.58. The van der Waals surface area contributed by atoms with Crippen molar-refractivity contribution >= 4 is 40.7 Å². The molecule has 0 aliphatic heterocycles. The first-order chi connectivity index (χ1) is 19.4. The molecule has 216 valence electrons. The summed E-state index contributed by atoms with van der Waals surface area (Å²) in [4.78, 5) is 17.3. The zero-order chi connectivity index (χ0) is 29.7. The molecule has 0 saturated heterocycles. The highest BCUT2D eigenvalue weighted by Crippen LogP contribution is 2.43. The molecule has 1 atom stereocenters. The number of aliphatic carboxylic acids is 1. The first-order valence-electron chi connectivity index (χ1n) is 12.3. The van der Waals surface area contributed by atoms with E-state index < -0.39 is 30.1 Å². The van der Waals surface area contributed by atoms with Crippen molar-refractivity contribution in [1.29, 1.82) is 0 Å². The Morgan fingerprint density at radius 2 is 1.85 bits per heavy atom. The summed E-state index contributed by atoms with van der Waals surface area (Å²) in [6.45, 7) is 3.44. The molecular weight excluding hydrogens is 602 g/mol. The van der Waals surface area contributed by atoms with Gasteiger partial charge in [0.25, 0.3) is 0 Å². The molecule has 0 aliphatic carbocycles. The Morgan fingerprint density at radius 1 is 1.12 bits per heavy atom. The minimum absolute atomic E-state index is 0.0583. The number of hydrogen-bond donors (Lipinski definition) is 1. The second-order valence-electron chi connectivity index (χ2n) is 8.92. The maximum absolute atomic E-state index is 14.2. The largest absolute Gasteiger partial charge is 0.489 e. The van der Waals surface area contributed by atoms with Gasteiger partial charge in [0, 0.05) is 27.0 Å². The van der Waals surface area contributed by atoms with E-state index in [1.165, 1.54) is 53.4 Å². The number of halogens is 5. The molecule has 1 heterocycles. The Bertz CT molecular complexity index is 1510. The van der Waals surface area contributed by atoms with E-state index in [1.54, 1.807) is 6.07 Å². The predicted octanol–water partition coefficient (Wildman–Crippen LogP) is 8.87. The summed E-state index contributed by atoms with van der Waals surface area (Å²) in [5.74, 6) is -1.25. The fraction of sp³-hybridized carbons (Fsp3) is 0.241. The molecule has 3 aromatic carbocycles. The Kier molecular flexibility index (Phi) is 9.83. The number of thiazole rings is 1. The molecule has 4 rings (SSSR count). The molecule has 0 bridgehead atoms. The fourth-order valence-corrected chi connectivity index (χ4v) is 6.51. The second kappa shape index (κ2) is 13.1. The van der Waals surface area contributed by atoms with Crippen molar-refractivity contribution in [1.82, 2.24) is 4.98 Å². The average Bonchev–Trinajstić information content (AvgIpc) is 3.34. The highest BCUT2D eigenvalue weighted by molar-refractivity contribution is 7.99. The van der Waals surface area contributed by atoms with Crippen molar-refractivity contribution < 1.29 is 36.9 Å². The van der Waals surface area contributed by atoms with Crippen molar-refractivity contribution in [3.05, 3.63) is 93.2 Å². The summed E-state index contributed by atoms with van der Waals surface area (Å²) in [6.07, 6.45) is -4.14. The molecule has 0 fully saturated rings. The molecule has 1 unspecified atom stereocenters. The molecule has 0 saturated carbocycles. The number of rotatable bonds is 11. The van der Waals surface area contributed by atoms with Crippen LogP contribution in [0.3, 0.4) is 0 Å². The summed E-state index contributed by atoms with van der Waals surface area (Å²) >= 11 is 8.97. The Morgan fingerprint density at radius 3 is 2.49 bits per heavy atom. The smallest absolute Gasteiger partial charge is 0.416 e. The molecule has 0 aliphatic rings.